The normalized spacial score (nSPS) is 24.6. The minimum Gasteiger partial charge on any atom is -0.391 e. The van der Waals surface area contributed by atoms with Crippen molar-refractivity contribution in [2.24, 2.45) is 16.6 Å². The standard InChI is InChI=1S/C14H23N5O2/c1-8(2)12(9-5-17-18-6-9)14(21)19-7-10(20)4-11(19)13(15)16-3/h5-6,8,10-12,20H,4,7H2,1-3H3,(H2,15,16)(H,17,18). The Balaban J connectivity index is 2.27. The zero-order chi connectivity index (χ0) is 15.6. The summed E-state index contributed by atoms with van der Waals surface area (Å²) in [6.45, 7) is 4.28. The number of aromatic amines is 1. The number of aliphatic imine (C=N–C) groups is 1. The van der Waals surface area contributed by atoms with Gasteiger partial charge < -0.3 is 15.7 Å². The second-order valence-electron chi connectivity index (χ2n) is 5.80. The highest BCUT2D eigenvalue weighted by molar-refractivity contribution is 5.93. The molecule has 0 aliphatic carbocycles. The third-order valence-electron chi connectivity index (χ3n) is 3.97. The molecule has 1 aliphatic rings. The van der Waals surface area contributed by atoms with Crippen LogP contribution in [-0.4, -0.2) is 57.7 Å². The fraction of sp³-hybridized carbons (Fsp3) is 0.643. The number of hydrogen-bond donors (Lipinski definition) is 3. The van der Waals surface area contributed by atoms with Gasteiger partial charge in [0.05, 0.1) is 24.3 Å². The molecule has 0 aromatic carbocycles. The Hall–Kier alpha value is -1.89. The smallest absolute Gasteiger partial charge is 0.231 e. The van der Waals surface area contributed by atoms with Crippen molar-refractivity contribution in [2.75, 3.05) is 13.6 Å². The molecule has 1 aliphatic heterocycles. The summed E-state index contributed by atoms with van der Waals surface area (Å²) in [5.74, 6) is 0.156. The van der Waals surface area contributed by atoms with Crippen molar-refractivity contribution in [3.05, 3.63) is 18.0 Å². The number of amides is 1. The molecular formula is C14H23N5O2. The van der Waals surface area contributed by atoms with E-state index in [4.69, 9.17) is 5.73 Å². The van der Waals surface area contributed by atoms with E-state index in [9.17, 15) is 9.90 Å². The first-order valence-corrected chi connectivity index (χ1v) is 7.15. The average molecular weight is 293 g/mol. The highest BCUT2D eigenvalue weighted by Gasteiger charge is 2.40. The summed E-state index contributed by atoms with van der Waals surface area (Å²) in [5, 5.41) is 16.6. The molecule has 0 radical (unpaired) electrons. The van der Waals surface area contributed by atoms with E-state index < -0.39 is 6.10 Å². The van der Waals surface area contributed by atoms with Crippen molar-refractivity contribution >= 4 is 11.7 Å². The Morgan fingerprint density at radius 1 is 1.62 bits per heavy atom. The van der Waals surface area contributed by atoms with Crippen molar-refractivity contribution in [1.82, 2.24) is 15.1 Å². The number of hydrogen-bond acceptors (Lipinski definition) is 4. The molecule has 116 valence electrons. The van der Waals surface area contributed by atoms with Crippen LogP contribution in [0.15, 0.2) is 17.4 Å². The van der Waals surface area contributed by atoms with Crippen LogP contribution < -0.4 is 5.73 Å². The Labute approximate surface area is 124 Å². The fourth-order valence-electron chi connectivity index (χ4n) is 2.91. The lowest BCUT2D eigenvalue weighted by Crippen LogP contribution is -2.46. The number of nitrogens with two attached hydrogens (primary N) is 1. The Kier molecular flexibility index (Phi) is 4.62. The lowest BCUT2D eigenvalue weighted by Gasteiger charge is -2.29. The molecule has 1 amide bonds. The van der Waals surface area contributed by atoms with Crippen molar-refractivity contribution in [3.63, 3.8) is 0 Å². The first-order chi connectivity index (χ1) is 9.95. The van der Waals surface area contributed by atoms with Crippen LogP contribution in [0.5, 0.6) is 0 Å². The SMILES string of the molecule is CN=C(N)C1CC(O)CN1C(=O)C(c1cn[nH]c1)C(C)C. The molecule has 3 unspecified atom stereocenters. The van der Waals surface area contributed by atoms with E-state index in [2.05, 4.69) is 15.2 Å². The largest absolute Gasteiger partial charge is 0.391 e. The minimum absolute atomic E-state index is 0.0421. The molecule has 4 N–H and O–H groups in total. The number of likely N-dealkylation sites (tertiary alicyclic amines) is 1. The molecule has 2 rings (SSSR count). The average Bonchev–Trinajstić information content (AvgIpc) is 3.07. The highest BCUT2D eigenvalue weighted by Crippen LogP contribution is 2.30. The Bertz CT molecular complexity index is 511. The molecule has 7 nitrogen and oxygen atoms in total. The Morgan fingerprint density at radius 2 is 2.33 bits per heavy atom. The number of aliphatic hydroxyl groups is 1. The van der Waals surface area contributed by atoms with Crippen LogP contribution in [0, 0.1) is 5.92 Å². The molecule has 1 aromatic heterocycles. The summed E-state index contributed by atoms with van der Waals surface area (Å²) in [5.41, 5.74) is 6.74. The molecule has 1 fully saturated rings. The van der Waals surface area contributed by atoms with Gasteiger partial charge in [-0.25, -0.2) is 0 Å². The number of nitrogens with one attached hydrogen (secondary N) is 1. The molecule has 1 aromatic rings. The van der Waals surface area contributed by atoms with E-state index in [0.717, 1.165) is 5.56 Å². The molecule has 7 heteroatoms. The van der Waals surface area contributed by atoms with E-state index in [1.165, 1.54) is 0 Å². The predicted molar refractivity (Wildman–Crippen MR) is 79.8 cm³/mol. The van der Waals surface area contributed by atoms with Gasteiger partial charge in [-0.2, -0.15) is 5.10 Å². The molecule has 0 spiro atoms. The minimum atomic E-state index is -0.559. The van der Waals surface area contributed by atoms with Gasteiger partial charge in [0, 0.05) is 31.8 Å². The monoisotopic (exact) mass is 293 g/mol. The quantitative estimate of drug-likeness (QED) is 0.540. The van der Waals surface area contributed by atoms with Crippen LogP contribution in [0.1, 0.15) is 31.7 Å². The first kappa shape index (κ1) is 15.5. The van der Waals surface area contributed by atoms with Gasteiger partial charge >= 0.3 is 0 Å². The van der Waals surface area contributed by atoms with Gasteiger partial charge in [0.25, 0.3) is 0 Å². The second kappa shape index (κ2) is 6.26. The maximum absolute atomic E-state index is 12.9. The van der Waals surface area contributed by atoms with Gasteiger partial charge in [-0.3, -0.25) is 14.9 Å². The maximum atomic E-state index is 12.9. The summed E-state index contributed by atoms with van der Waals surface area (Å²) < 4.78 is 0. The number of β-amino-alcohol motifs (C(OH)–C–C–N with tert-alkyl or cyclic N) is 1. The van der Waals surface area contributed by atoms with Crippen LogP contribution >= 0.6 is 0 Å². The molecule has 1 saturated heterocycles. The van der Waals surface area contributed by atoms with Crippen LogP contribution in [0.4, 0.5) is 0 Å². The summed E-state index contributed by atoms with van der Waals surface area (Å²) in [7, 11) is 1.60. The summed E-state index contributed by atoms with van der Waals surface area (Å²) >= 11 is 0. The van der Waals surface area contributed by atoms with Crippen molar-refractivity contribution in [2.45, 2.75) is 38.3 Å². The molecule has 0 bridgehead atoms. The number of aromatic nitrogens is 2. The zero-order valence-corrected chi connectivity index (χ0v) is 12.7. The summed E-state index contributed by atoms with van der Waals surface area (Å²) in [4.78, 5) is 18.5. The maximum Gasteiger partial charge on any atom is 0.231 e. The van der Waals surface area contributed by atoms with E-state index >= 15 is 0 Å². The number of nitrogens with zero attached hydrogens (tertiary/aromatic N) is 3. The van der Waals surface area contributed by atoms with Crippen molar-refractivity contribution < 1.29 is 9.90 Å². The molecular weight excluding hydrogens is 270 g/mol. The third-order valence-corrected chi connectivity index (χ3v) is 3.97. The van der Waals surface area contributed by atoms with Gasteiger partial charge in [-0.1, -0.05) is 13.8 Å². The zero-order valence-electron chi connectivity index (χ0n) is 12.7. The molecule has 3 atom stereocenters. The molecule has 21 heavy (non-hydrogen) atoms. The van der Waals surface area contributed by atoms with Crippen LogP contribution in [0.2, 0.25) is 0 Å². The predicted octanol–water partition coefficient (Wildman–Crippen LogP) is 0.0981. The van der Waals surface area contributed by atoms with E-state index in [1.54, 1.807) is 24.3 Å². The lowest BCUT2D eigenvalue weighted by molar-refractivity contribution is -0.134. The number of carbonyl (C=O) groups excluding carboxylic acids is 1. The number of rotatable bonds is 4. The van der Waals surface area contributed by atoms with Gasteiger partial charge in [0.1, 0.15) is 5.84 Å². The van der Waals surface area contributed by atoms with Crippen LogP contribution in [0.25, 0.3) is 0 Å². The summed E-state index contributed by atoms with van der Waals surface area (Å²) in [6, 6.07) is -0.328. The first-order valence-electron chi connectivity index (χ1n) is 7.15. The summed E-state index contributed by atoms with van der Waals surface area (Å²) in [6.07, 6.45) is 3.28. The van der Waals surface area contributed by atoms with Crippen molar-refractivity contribution in [3.8, 4) is 0 Å². The Morgan fingerprint density at radius 3 is 2.86 bits per heavy atom. The van der Waals surface area contributed by atoms with E-state index in [0.29, 0.717) is 18.8 Å². The molecule has 0 saturated carbocycles. The molecule has 2 heterocycles. The van der Waals surface area contributed by atoms with Gasteiger partial charge in [0.15, 0.2) is 0 Å². The number of amidine groups is 1. The van der Waals surface area contributed by atoms with Gasteiger partial charge in [-0.05, 0) is 5.92 Å². The van der Waals surface area contributed by atoms with Crippen LogP contribution in [0.3, 0.4) is 0 Å². The van der Waals surface area contributed by atoms with Crippen LogP contribution in [-0.2, 0) is 4.79 Å². The number of aliphatic hydroxyl groups excluding tert-OH is 1. The highest BCUT2D eigenvalue weighted by atomic mass is 16.3. The third kappa shape index (κ3) is 3.07. The van der Waals surface area contributed by atoms with Crippen molar-refractivity contribution in [1.29, 1.82) is 0 Å². The van der Waals surface area contributed by atoms with Gasteiger partial charge in [-0.15, -0.1) is 0 Å². The van der Waals surface area contributed by atoms with E-state index in [-0.39, 0.29) is 23.8 Å². The van der Waals surface area contributed by atoms with Gasteiger partial charge in [0.2, 0.25) is 5.91 Å². The number of H-pyrrole nitrogens is 1. The number of carbonyl (C=O) groups is 1. The second-order valence-corrected chi connectivity index (χ2v) is 5.80. The van der Waals surface area contributed by atoms with E-state index in [1.807, 2.05) is 13.8 Å². The topological polar surface area (TPSA) is 108 Å². The fourth-order valence-corrected chi connectivity index (χ4v) is 2.91. The lowest BCUT2D eigenvalue weighted by atomic mass is 9.89.